The lowest BCUT2D eigenvalue weighted by molar-refractivity contribution is 0.373. The fourth-order valence-electron chi connectivity index (χ4n) is 1.74. The van der Waals surface area contributed by atoms with Crippen LogP contribution in [0.5, 0.6) is 0 Å². The molecular weight excluding hydrogens is 111 g/mol. The Balaban J connectivity index is 1.86. The average molecular weight is 123 g/mol. The first kappa shape index (κ1) is 5.78. The molecule has 1 aliphatic carbocycles. The highest BCUT2D eigenvalue weighted by molar-refractivity contribution is 6.35. The van der Waals surface area contributed by atoms with Gasteiger partial charge in [0.2, 0.25) is 0 Å². The molecule has 2 rings (SSSR count). The molecule has 0 amide bonds. The van der Waals surface area contributed by atoms with Crippen molar-refractivity contribution in [2.75, 3.05) is 0 Å². The van der Waals surface area contributed by atoms with E-state index in [1.165, 1.54) is 19.3 Å². The molecule has 2 aliphatic rings. The van der Waals surface area contributed by atoms with Crippen molar-refractivity contribution in [3.63, 3.8) is 0 Å². The van der Waals surface area contributed by atoms with Gasteiger partial charge in [-0.25, -0.2) is 0 Å². The second-order valence-corrected chi connectivity index (χ2v) is 3.12. The minimum Gasteiger partial charge on any atom is -0.370 e. The molecule has 2 fully saturated rings. The Kier molecular flexibility index (Phi) is 1.29. The summed E-state index contributed by atoms with van der Waals surface area (Å²) in [7, 11) is 2.32. The molecule has 0 spiro atoms. The topological polar surface area (TPSA) is 12.5 Å². The zero-order chi connectivity index (χ0) is 6.27. The van der Waals surface area contributed by atoms with Crippen molar-refractivity contribution >= 4 is 7.28 Å². The Hall–Kier alpha value is 0.0249. The maximum atomic E-state index is 5.39. The van der Waals surface area contributed by atoms with E-state index in [4.69, 9.17) is 4.74 Å². The maximum Gasteiger partial charge on any atom is 0.110 e. The van der Waals surface area contributed by atoms with Crippen LogP contribution < -0.4 is 0 Å². The maximum absolute atomic E-state index is 5.39. The summed E-state index contributed by atoms with van der Waals surface area (Å²) in [6.45, 7) is 2.16. The Bertz CT molecular complexity index is 115. The molecule has 0 bridgehead atoms. The fraction of sp³-hybridized carbons (Fsp3) is 1.00. The summed E-state index contributed by atoms with van der Waals surface area (Å²) in [6.07, 6.45) is 5.28. The molecule has 9 heavy (non-hydrogen) atoms. The normalized spacial score (nSPS) is 47.9. The van der Waals surface area contributed by atoms with Crippen molar-refractivity contribution in [2.45, 2.75) is 44.1 Å². The number of hydrogen-bond acceptors (Lipinski definition) is 1. The molecule has 1 aliphatic heterocycles. The third-order valence-corrected chi connectivity index (χ3v) is 2.52. The van der Waals surface area contributed by atoms with Crippen LogP contribution in [0.4, 0.5) is 0 Å². The molecule has 1 saturated carbocycles. The molecule has 0 aromatic carbocycles. The monoisotopic (exact) mass is 123 g/mol. The van der Waals surface area contributed by atoms with Gasteiger partial charge in [-0.15, -0.1) is 0 Å². The molecule has 0 aromatic rings. The van der Waals surface area contributed by atoms with Crippen molar-refractivity contribution in [3.05, 3.63) is 0 Å². The van der Waals surface area contributed by atoms with Crippen molar-refractivity contribution < 1.29 is 4.74 Å². The molecule has 0 N–H and O–H groups in total. The molecule has 3 unspecified atom stereocenters. The van der Waals surface area contributed by atoms with Crippen molar-refractivity contribution in [2.24, 2.45) is 0 Å². The Morgan fingerprint density at radius 1 is 1.33 bits per heavy atom. The van der Waals surface area contributed by atoms with Crippen LogP contribution in [0, 0.1) is 0 Å². The zero-order valence-corrected chi connectivity index (χ0v) is 5.84. The molecule has 1 heterocycles. The number of hydrogen-bond donors (Lipinski definition) is 0. The van der Waals surface area contributed by atoms with Crippen LogP contribution in [-0.2, 0) is 4.74 Å². The van der Waals surface area contributed by atoms with Gasteiger partial charge in [0, 0.05) is 0 Å². The predicted molar refractivity (Wildman–Crippen MR) is 37.9 cm³/mol. The van der Waals surface area contributed by atoms with Crippen LogP contribution >= 0.6 is 0 Å². The summed E-state index contributed by atoms with van der Waals surface area (Å²) in [6, 6.07) is 0. The highest BCUT2D eigenvalue weighted by atomic mass is 16.6. The van der Waals surface area contributed by atoms with Gasteiger partial charge in [-0.3, -0.25) is 0 Å². The van der Waals surface area contributed by atoms with Gasteiger partial charge in [0.25, 0.3) is 0 Å². The lowest BCUT2D eigenvalue weighted by Gasteiger charge is -2.15. The summed E-state index contributed by atoms with van der Waals surface area (Å²) < 4.78 is 5.39. The Labute approximate surface area is 57.0 Å². The van der Waals surface area contributed by atoms with Crippen LogP contribution in [0.2, 0.25) is 12.6 Å². The Morgan fingerprint density at radius 3 is 2.89 bits per heavy atom. The van der Waals surface area contributed by atoms with Crippen molar-refractivity contribution in [3.8, 4) is 0 Å². The van der Waals surface area contributed by atoms with E-state index < -0.39 is 0 Å². The van der Waals surface area contributed by atoms with E-state index in [9.17, 15) is 0 Å². The van der Waals surface area contributed by atoms with E-state index >= 15 is 0 Å². The van der Waals surface area contributed by atoms with Gasteiger partial charge in [-0.05, 0) is 12.8 Å². The van der Waals surface area contributed by atoms with E-state index in [2.05, 4.69) is 14.1 Å². The summed E-state index contributed by atoms with van der Waals surface area (Å²) in [5, 5.41) is 0. The van der Waals surface area contributed by atoms with E-state index in [-0.39, 0.29) is 0 Å². The van der Waals surface area contributed by atoms with Crippen LogP contribution in [0.15, 0.2) is 0 Å². The molecule has 0 aromatic heterocycles. The van der Waals surface area contributed by atoms with Crippen LogP contribution in [0.25, 0.3) is 0 Å². The van der Waals surface area contributed by atoms with Gasteiger partial charge in [0.05, 0.1) is 12.2 Å². The van der Waals surface area contributed by atoms with Gasteiger partial charge >= 0.3 is 0 Å². The highest BCUT2D eigenvalue weighted by Crippen LogP contribution is 2.41. The van der Waals surface area contributed by atoms with Gasteiger partial charge in [0.15, 0.2) is 0 Å². The molecule has 2 heteroatoms. The van der Waals surface area contributed by atoms with E-state index in [0.717, 1.165) is 5.82 Å². The molecule has 3 atom stereocenters. The summed E-state index contributed by atoms with van der Waals surface area (Å²) in [4.78, 5) is 0. The first-order valence-corrected chi connectivity index (χ1v) is 3.85. The molecule has 1 saturated heterocycles. The van der Waals surface area contributed by atoms with E-state index in [1.807, 2.05) is 0 Å². The fourth-order valence-corrected chi connectivity index (χ4v) is 1.74. The quantitative estimate of drug-likeness (QED) is 0.380. The Morgan fingerprint density at radius 2 is 2.22 bits per heavy atom. The largest absolute Gasteiger partial charge is 0.370 e. The second-order valence-electron chi connectivity index (χ2n) is 3.12. The second kappa shape index (κ2) is 2.01. The number of fused-ring (bicyclic) bond motifs is 1. The van der Waals surface area contributed by atoms with Crippen LogP contribution in [0.3, 0.4) is 0 Å². The third kappa shape index (κ3) is 1.01. The summed E-state index contributed by atoms with van der Waals surface area (Å²) in [5.41, 5.74) is 0. The molecular formula is C7H12BO. The lowest BCUT2D eigenvalue weighted by Crippen LogP contribution is -2.11. The molecule has 1 radical (unpaired) electrons. The van der Waals surface area contributed by atoms with Crippen LogP contribution in [0.1, 0.15) is 19.3 Å². The number of rotatable bonds is 1. The van der Waals surface area contributed by atoms with Gasteiger partial charge in [-0.2, -0.15) is 0 Å². The zero-order valence-electron chi connectivity index (χ0n) is 5.84. The third-order valence-electron chi connectivity index (χ3n) is 2.52. The molecule has 49 valence electrons. The SMILES string of the molecule is C[B]C1CCC2OC2C1. The lowest BCUT2D eigenvalue weighted by atomic mass is 9.61. The average Bonchev–Trinajstić information content (AvgIpc) is 2.64. The summed E-state index contributed by atoms with van der Waals surface area (Å²) in [5.74, 6) is 0.855. The number of epoxide rings is 1. The van der Waals surface area contributed by atoms with E-state index in [1.54, 1.807) is 0 Å². The number of ether oxygens (including phenoxy) is 1. The summed E-state index contributed by atoms with van der Waals surface area (Å²) >= 11 is 0. The van der Waals surface area contributed by atoms with Gasteiger partial charge in [-0.1, -0.05) is 19.1 Å². The first-order chi connectivity index (χ1) is 4.40. The van der Waals surface area contributed by atoms with Gasteiger partial charge in [0.1, 0.15) is 7.28 Å². The van der Waals surface area contributed by atoms with Crippen LogP contribution in [-0.4, -0.2) is 19.5 Å². The standard InChI is InChI=1S/C7H12BO/c1-8-5-2-3-6-7(4-5)9-6/h5-7H,2-4H2,1H3. The minimum atomic E-state index is 0.653. The van der Waals surface area contributed by atoms with Crippen molar-refractivity contribution in [1.82, 2.24) is 0 Å². The van der Waals surface area contributed by atoms with Gasteiger partial charge < -0.3 is 4.74 Å². The molecule has 1 nitrogen and oxygen atoms in total. The van der Waals surface area contributed by atoms with Crippen molar-refractivity contribution in [1.29, 1.82) is 0 Å². The first-order valence-electron chi connectivity index (χ1n) is 3.85. The minimum absolute atomic E-state index is 0.653. The highest BCUT2D eigenvalue weighted by Gasteiger charge is 2.42. The smallest absolute Gasteiger partial charge is 0.110 e. The van der Waals surface area contributed by atoms with E-state index in [0.29, 0.717) is 12.2 Å². The predicted octanol–water partition coefficient (Wildman–Crippen LogP) is 1.48.